The number of nitrogens with one attached hydrogen (secondary N) is 1. The minimum Gasteiger partial charge on any atom is -0.365 e. The van der Waals surface area contributed by atoms with Crippen LogP contribution in [0.2, 0.25) is 5.28 Å². The van der Waals surface area contributed by atoms with Crippen molar-refractivity contribution in [1.82, 2.24) is 19.5 Å². The van der Waals surface area contributed by atoms with Crippen LogP contribution in [-0.4, -0.2) is 25.6 Å². The van der Waals surface area contributed by atoms with Crippen molar-refractivity contribution in [2.75, 3.05) is 5.32 Å². The van der Waals surface area contributed by atoms with Crippen LogP contribution in [0, 0.1) is 11.6 Å². The van der Waals surface area contributed by atoms with E-state index in [4.69, 9.17) is 11.6 Å². The van der Waals surface area contributed by atoms with E-state index in [-0.39, 0.29) is 11.0 Å². The highest BCUT2D eigenvalue weighted by Crippen LogP contribution is 2.27. The molecule has 0 saturated heterocycles. The van der Waals surface area contributed by atoms with E-state index < -0.39 is 11.6 Å². The predicted octanol–water partition coefficient (Wildman–Crippen LogP) is 4.10. The fourth-order valence-electron chi connectivity index (χ4n) is 3.10. The number of benzene rings is 1. The molecule has 1 fully saturated rings. The molecule has 0 atom stereocenters. The van der Waals surface area contributed by atoms with Crippen LogP contribution in [0.15, 0.2) is 24.5 Å². The Morgan fingerprint density at radius 1 is 1.08 bits per heavy atom. The van der Waals surface area contributed by atoms with Crippen LogP contribution in [-0.2, 0) is 0 Å². The maximum atomic E-state index is 13.5. The van der Waals surface area contributed by atoms with Gasteiger partial charge in [0.1, 0.15) is 18.0 Å². The van der Waals surface area contributed by atoms with Gasteiger partial charge in [-0.3, -0.25) is 4.57 Å². The molecule has 3 aromatic rings. The lowest BCUT2D eigenvalue weighted by Crippen LogP contribution is -2.16. The average molecular weight is 350 g/mol. The summed E-state index contributed by atoms with van der Waals surface area (Å²) in [7, 11) is 0. The number of rotatable bonds is 3. The molecular formula is C16H14ClF2N5. The summed E-state index contributed by atoms with van der Waals surface area (Å²) in [6.45, 7) is 0. The lowest BCUT2D eigenvalue weighted by molar-refractivity contribution is 0.582. The molecule has 1 aliphatic rings. The SMILES string of the molecule is Fc1cc(F)cc(-n2cnc3c(NC4CCCC4)nc(Cl)nc32)c1. The van der Waals surface area contributed by atoms with E-state index >= 15 is 0 Å². The summed E-state index contributed by atoms with van der Waals surface area (Å²) in [5, 5.41) is 3.41. The Morgan fingerprint density at radius 2 is 1.79 bits per heavy atom. The highest BCUT2D eigenvalue weighted by molar-refractivity contribution is 6.28. The first kappa shape index (κ1) is 15.3. The zero-order chi connectivity index (χ0) is 16.7. The van der Waals surface area contributed by atoms with Gasteiger partial charge in [0.05, 0.1) is 5.69 Å². The van der Waals surface area contributed by atoms with Crippen LogP contribution in [0.4, 0.5) is 14.6 Å². The molecule has 1 aliphatic carbocycles. The molecule has 0 spiro atoms. The third-order valence-electron chi connectivity index (χ3n) is 4.19. The lowest BCUT2D eigenvalue weighted by Gasteiger charge is -2.13. The van der Waals surface area contributed by atoms with Gasteiger partial charge in [-0.1, -0.05) is 12.8 Å². The zero-order valence-electron chi connectivity index (χ0n) is 12.6. The minimum atomic E-state index is -0.670. The Hall–Kier alpha value is -2.28. The van der Waals surface area contributed by atoms with E-state index in [1.54, 1.807) is 0 Å². The highest BCUT2D eigenvalue weighted by atomic mass is 35.5. The number of aromatic nitrogens is 4. The van der Waals surface area contributed by atoms with Crippen molar-refractivity contribution in [3.8, 4) is 5.69 Å². The number of hydrogen-bond donors (Lipinski definition) is 1. The molecule has 0 amide bonds. The monoisotopic (exact) mass is 349 g/mol. The normalized spacial score (nSPS) is 15.3. The van der Waals surface area contributed by atoms with E-state index in [2.05, 4.69) is 20.3 Å². The topological polar surface area (TPSA) is 55.6 Å². The number of hydrogen-bond acceptors (Lipinski definition) is 4. The van der Waals surface area contributed by atoms with Gasteiger partial charge in [0.25, 0.3) is 0 Å². The zero-order valence-corrected chi connectivity index (χ0v) is 13.4. The maximum Gasteiger partial charge on any atom is 0.226 e. The van der Waals surface area contributed by atoms with Crippen LogP contribution < -0.4 is 5.32 Å². The maximum absolute atomic E-state index is 13.5. The Bertz CT molecular complexity index is 885. The molecule has 1 N–H and O–H groups in total. The molecule has 24 heavy (non-hydrogen) atoms. The second-order valence-corrected chi connectivity index (χ2v) is 6.22. The van der Waals surface area contributed by atoms with E-state index in [9.17, 15) is 8.78 Å². The van der Waals surface area contributed by atoms with Gasteiger partial charge < -0.3 is 5.32 Å². The predicted molar refractivity (Wildman–Crippen MR) is 87.5 cm³/mol. The van der Waals surface area contributed by atoms with Crippen LogP contribution in [0.25, 0.3) is 16.9 Å². The van der Waals surface area contributed by atoms with Gasteiger partial charge >= 0.3 is 0 Å². The molecule has 1 aromatic carbocycles. The van der Waals surface area contributed by atoms with Crippen LogP contribution in [0.3, 0.4) is 0 Å². The van der Waals surface area contributed by atoms with Crippen LogP contribution in [0.1, 0.15) is 25.7 Å². The third-order valence-corrected chi connectivity index (χ3v) is 4.36. The molecule has 5 nitrogen and oxygen atoms in total. The Morgan fingerprint density at radius 3 is 2.50 bits per heavy atom. The van der Waals surface area contributed by atoms with E-state index in [0.29, 0.717) is 23.0 Å². The minimum absolute atomic E-state index is 0.0571. The van der Waals surface area contributed by atoms with Crippen molar-refractivity contribution < 1.29 is 8.78 Å². The first-order chi connectivity index (χ1) is 11.6. The van der Waals surface area contributed by atoms with E-state index in [1.165, 1.54) is 35.9 Å². The van der Waals surface area contributed by atoms with Gasteiger partial charge in [0.2, 0.25) is 5.28 Å². The smallest absolute Gasteiger partial charge is 0.226 e. The molecule has 124 valence electrons. The van der Waals surface area contributed by atoms with Gasteiger partial charge in [-0.15, -0.1) is 0 Å². The molecule has 0 unspecified atom stereocenters. The summed E-state index contributed by atoms with van der Waals surface area (Å²) in [4.78, 5) is 12.7. The van der Waals surface area contributed by atoms with Crippen molar-refractivity contribution in [2.45, 2.75) is 31.7 Å². The van der Waals surface area contributed by atoms with Crippen molar-refractivity contribution in [1.29, 1.82) is 0 Å². The number of halogens is 3. The Labute approximate surface area is 141 Å². The largest absolute Gasteiger partial charge is 0.365 e. The lowest BCUT2D eigenvalue weighted by atomic mass is 10.2. The molecule has 1 saturated carbocycles. The molecule has 0 aliphatic heterocycles. The summed E-state index contributed by atoms with van der Waals surface area (Å²) in [5.74, 6) is -0.792. The molecule has 8 heteroatoms. The molecule has 2 aromatic heterocycles. The van der Waals surface area contributed by atoms with Crippen LogP contribution in [0.5, 0.6) is 0 Å². The van der Waals surface area contributed by atoms with Gasteiger partial charge in [0, 0.05) is 12.1 Å². The fourth-order valence-corrected chi connectivity index (χ4v) is 3.27. The summed E-state index contributed by atoms with van der Waals surface area (Å²) in [5.41, 5.74) is 1.22. The van der Waals surface area contributed by atoms with Gasteiger partial charge in [-0.05, 0) is 36.6 Å². The van der Waals surface area contributed by atoms with Gasteiger partial charge in [0.15, 0.2) is 17.0 Å². The number of anilines is 1. The molecule has 0 bridgehead atoms. The second kappa shape index (κ2) is 5.98. The highest BCUT2D eigenvalue weighted by Gasteiger charge is 2.19. The Balaban J connectivity index is 1.82. The third kappa shape index (κ3) is 2.80. The Kier molecular flexibility index (Phi) is 3.80. The first-order valence-electron chi connectivity index (χ1n) is 7.74. The molecule has 0 radical (unpaired) electrons. The average Bonchev–Trinajstić information content (AvgIpc) is 3.15. The number of fused-ring (bicyclic) bond motifs is 1. The summed E-state index contributed by atoms with van der Waals surface area (Å²) in [6.07, 6.45) is 5.95. The number of nitrogens with zero attached hydrogens (tertiary/aromatic N) is 4. The number of imidazole rings is 1. The molecule has 4 rings (SSSR count). The van der Waals surface area contributed by atoms with Gasteiger partial charge in [-0.25, -0.2) is 13.8 Å². The van der Waals surface area contributed by atoms with E-state index in [1.807, 2.05) is 0 Å². The van der Waals surface area contributed by atoms with Crippen LogP contribution >= 0.6 is 11.6 Å². The molecule has 2 heterocycles. The van der Waals surface area contributed by atoms with Gasteiger partial charge in [-0.2, -0.15) is 9.97 Å². The van der Waals surface area contributed by atoms with Crippen molar-refractivity contribution in [2.24, 2.45) is 0 Å². The van der Waals surface area contributed by atoms with Crippen molar-refractivity contribution >= 4 is 28.6 Å². The van der Waals surface area contributed by atoms with Crippen molar-refractivity contribution in [3.63, 3.8) is 0 Å². The molecular weight excluding hydrogens is 336 g/mol. The summed E-state index contributed by atoms with van der Waals surface area (Å²) < 4.78 is 28.5. The standard InChI is InChI=1S/C16H14ClF2N5/c17-16-22-14(21-11-3-1-2-4-11)13-15(23-16)24(8-20-13)12-6-9(18)5-10(19)7-12/h5-8,11H,1-4H2,(H,21,22,23). The summed E-state index contributed by atoms with van der Waals surface area (Å²) >= 11 is 6.04. The van der Waals surface area contributed by atoms with E-state index in [0.717, 1.165) is 18.9 Å². The summed E-state index contributed by atoms with van der Waals surface area (Å²) in [6, 6.07) is 3.57. The fraction of sp³-hybridized carbons (Fsp3) is 0.312. The second-order valence-electron chi connectivity index (χ2n) is 5.88. The quantitative estimate of drug-likeness (QED) is 0.723. The van der Waals surface area contributed by atoms with Crippen molar-refractivity contribution in [3.05, 3.63) is 41.4 Å². The first-order valence-corrected chi connectivity index (χ1v) is 8.11.